The van der Waals surface area contributed by atoms with Crippen molar-refractivity contribution in [3.63, 3.8) is 0 Å². The van der Waals surface area contributed by atoms with Crippen molar-refractivity contribution in [1.29, 1.82) is 0 Å². The molecular formula is C52H50N4. The van der Waals surface area contributed by atoms with Crippen molar-refractivity contribution in [3.05, 3.63) is 169 Å². The van der Waals surface area contributed by atoms with Gasteiger partial charge in [-0.05, 0) is 123 Å². The molecule has 0 amide bonds. The Morgan fingerprint density at radius 3 is 0.982 bits per heavy atom. The molecule has 0 fully saturated rings. The van der Waals surface area contributed by atoms with Gasteiger partial charge in [-0.3, -0.25) is 9.98 Å². The number of fused-ring (bicyclic) bond motifs is 2. The summed E-state index contributed by atoms with van der Waals surface area (Å²) in [6.07, 6.45) is 0. The molecule has 0 spiro atoms. The average Bonchev–Trinajstić information content (AvgIpc) is 3.52. The molecule has 0 aliphatic carbocycles. The van der Waals surface area contributed by atoms with Crippen LogP contribution in [0.5, 0.6) is 0 Å². The van der Waals surface area contributed by atoms with Crippen LogP contribution >= 0.6 is 0 Å². The molecule has 0 unspecified atom stereocenters. The van der Waals surface area contributed by atoms with Crippen LogP contribution in [0.2, 0.25) is 0 Å². The maximum Gasteiger partial charge on any atom is 0.136 e. The summed E-state index contributed by atoms with van der Waals surface area (Å²) in [6, 6.07) is 57.3. The van der Waals surface area contributed by atoms with Gasteiger partial charge in [-0.25, -0.2) is 0 Å². The van der Waals surface area contributed by atoms with Gasteiger partial charge in [0.25, 0.3) is 0 Å². The quantitative estimate of drug-likeness (QED) is 0.160. The molecule has 2 aliphatic heterocycles. The highest BCUT2D eigenvalue weighted by Gasteiger charge is 2.51. The minimum atomic E-state index is -0.294. The number of aliphatic imine (C=N–C) groups is 2. The van der Waals surface area contributed by atoms with Gasteiger partial charge < -0.3 is 9.80 Å². The number of benzene rings is 7. The molecule has 9 rings (SSSR count). The van der Waals surface area contributed by atoms with Crippen molar-refractivity contribution in [2.24, 2.45) is 9.98 Å². The van der Waals surface area contributed by atoms with Crippen LogP contribution < -0.4 is 9.80 Å². The molecule has 4 heteroatoms. The van der Waals surface area contributed by atoms with E-state index in [9.17, 15) is 0 Å². The second-order valence-corrected chi connectivity index (χ2v) is 17.5. The maximum absolute atomic E-state index is 5.35. The van der Waals surface area contributed by atoms with Crippen LogP contribution in [0.15, 0.2) is 168 Å². The van der Waals surface area contributed by atoms with Crippen LogP contribution in [0, 0.1) is 0 Å². The topological polar surface area (TPSA) is 31.2 Å². The maximum atomic E-state index is 5.35. The molecule has 0 aromatic heterocycles. The van der Waals surface area contributed by atoms with Crippen LogP contribution in [0.4, 0.5) is 11.4 Å². The Labute approximate surface area is 331 Å². The standard InChI is InChI=1S/C52H50N4/c1-49(2)51(5,6)55(47(53-49)35-21-11-9-12-22-35)39-27-19-25-37(33-39)45-41-29-15-17-31-43(41)46(44-32-18-16-30-42(44)45)38-26-20-28-40(34-38)56-48(36-23-13-10-14-24-36)54-50(3,4)52(56,7)8/h9-34H,1-8H3. The highest BCUT2D eigenvalue weighted by Crippen LogP contribution is 2.48. The largest absolute Gasteiger partial charge is 0.318 e. The Bertz CT molecular complexity index is 2460. The number of rotatable bonds is 6. The van der Waals surface area contributed by atoms with Gasteiger partial charge in [-0.1, -0.05) is 133 Å². The van der Waals surface area contributed by atoms with Gasteiger partial charge in [0.1, 0.15) is 11.7 Å². The molecule has 7 aromatic rings. The highest BCUT2D eigenvalue weighted by atomic mass is 15.3. The first-order chi connectivity index (χ1) is 26.8. The molecule has 2 aliphatic rings. The van der Waals surface area contributed by atoms with Gasteiger partial charge in [0.05, 0.1) is 22.2 Å². The van der Waals surface area contributed by atoms with Crippen LogP contribution in [-0.2, 0) is 0 Å². The van der Waals surface area contributed by atoms with E-state index in [2.05, 4.69) is 223 Å². The van der Waals surface area contributed by atoms with Crippen LogP contribution in [-0.4, -0.2) is 33.8 Å². The van der Waals surface area contributed by atoms with E-state index < -0.39 is 0 Å². The SMILES string of the molecule is CC1(C)N=C(c2ccccc2)N(c2cccc(-c3c4ccccc4c(-c4cccc(N5C(c6ccccc6)=NC(C)(C)C5(C)C)c4)c4ccccc34)c2)C1(C)C. The summed E-state index contributed by atoms with van der Waals surface area (Å²) in [6.45, 7) is 18.2. The molecule has 2 heterocycles. The lowest BCUT2D eigenvalue weighted by atomic mass is 9.82. The van der Waals surface area contributed by atoms with Crippen molar-refractivity contribution in [2.45, 2.75) is 77.5 Å². The zero-order chi connectivity index (χ0) is 39.0. The third-order valence-corrected chi connectivity index (χ3v) is 13.1. The van der Waals surface area contributed by atoms with E-state index in [4.69, 9.17) is 9.98 Å². The van der Waals surface area contributed by atoms with Crippen molar-refractivity contribution in [1.82, 2.24) is 0 Å². The fourth-order valence-electron chi connectivity index (χ4n) is 8.78. The zero-order valence-corrected chi connectivity index (χ0v) is 33.8. The van der Waals surface area contributed by atoms with Gasteiger partial charge in [-0.2, -0.15) is 0 Å². The minimum Gasteiger partial charge on any atom is -0.318 e. The lowest BCUT2D eigenvalue weighted by Gasteiger charge is -2.41. The van der Waals surface area contributed by atoms with Crippen LogP contribution in [0.3, 0.4) is 0 Å². The molecule has 4 nitrogen and oxygen atoms in total. The van der Waals surface area contributed by atoms with E-state index in [-0.39, 0.29) is 22.2 Å². The van der Waals surface area contributed by atoms with E-state index >= 15 is 0 Å². The molecule has 0 bridgehead atoms. The first-order valence-corrected chi connectivity index (χ1v) is 19.9. The number of hydrogen-bond donors (Lipinski definition) is 0. The predicted octanol–water partition coefficient (Wildman–Crippen LogP) is 13.0. The molecule has 0 atom stereocenters. The van der Waals surface area contributed by atoms with E-state index in [1.807, 2.05) is 0 Å². The first-order valence-electron chi connectivity index (χ1n) is 19.9. The predicted molar refractivity (Wildman–Crippen MR) is 240 cm³/mol. The molecule has 56 heavy (non-hydrogen) atoms. The van der Waals surface area contributed by atoms with Gasteiger partial charge >= 0.3 is 0 Å². The molecule has 0 radical (unpaired) electrons. The summed E-state index contributed by atoms with van der Waals surface area (Å²) in [7, 11) is 0. The third-order valence-electron chi connectivity index (χ3n) is 13.1. The Hall–Kier alpha value is -6.00. The summed E-state index contributed by atoms with van der Waals surface area (Å²) in [5.41, 5.74) is 8.27. The fraction of sp³-hybridized carbons (Fsp3) is 0.231. The summed E-state index contributed by atoms with van der Waals surface area (Å²) < 4.78 is 0. The van der Waals surface area contributed by atoms with Crippen LogP contribution in [0.1, 0.15) is 66.5 Å². The molecular weight excluding hydrogens is 681 g/mol. The number of nitrogens with zero attached hydrogens (tertiary/aromatic N) is 4. The number of hydrogen-bond acceptors (Lipinski definition) is 4. The second kappa shape index (κ2) is 12.8. The normalized spacial score (nSPS) is 18.0. The van der Waals surface area contributed by atoms with Crippen molar-refractivity contribution in [2.75, 3.05) is 9.80 Å². The van der Waals surface area contributed by atoms with Crippen molar-refractivity contribution in [3.8, 4) is 22.3 Å². The van der Waals surface area contributed by atoms with Gasteiger partial charge in [0.15, 0.2) is 0 Å². The number of anilines is 2. The Balaban J connectivity index is 1.22. The minimum absolute atomic E-state index is 0.264. The van der Waals surface area contributed by atoms with Gasteiger partial charge in [-0.15, -0.1) is 0 Å². The summed E-state index contributed by atoms with van der Waals surface area (Å²) in [5.74, 6) is 2.01. The monoisotopic (exact) mass is 730 g/mol. The average molecular weight is 731 g/mol. The molecule has 278 valence electrons. The number of amidine groups is 2. The molecule has 7 aromatic carbocycles. The Morgan fingerprint density at radius 1 is 0.339 bits per heavy atom. The zero-order valence-electron chi connectivity index (χ0n) is 33.8. The van der Waals surface area contributed by atoms with E-state index in [1.54, 1.807) is 0 Å². The Morgan fingerprint density at radius 2 is 0.643 bits per heavy atom. The highest BCUT2D eigenvalue weighted by molar-refractivity contribution is 6.22. The van der Waals surface area contributed by atoms with E-state index in [1.165, 1.54) is 43.8 Å². The lowest BCUT2D eigenvalue weighted by molar-refractivity contribution is 0.338. The second-order valence-electron chi connectivity index (χ2n) is 17.5. The van der Waals surface area contributed by atoms with Crippen molar-refractivity contribution >= 4 is 44.6 Å². The lowest BCUT2D eigenvalue weighted by Crippen LogP contribution is -2.53. The third kappa shape index (κ3) is 5.41. The van der Waals surface area contributed by atoms with Crippen LogP contribution in [0.25, 0.3) is 43.8 Å². The fourth-order valence-corrected chi connectivity index (χ4v) is 8.78. The first kappa shape index (κ1) is 35.7. The van der Waals surface area contributed by atoms with Gasteiger partial charge in [0, 0.05) is 22.5 Å². The van der Waals surface area contributed by atoms with E-state index in [0.717, 1.165) is 34.2 Å². The smallest absolute Gasteiger partial charge is 0.136 e. The summed E-state index contributed by atoms with van der Waals surface area (Å²) >= 11 is 0. The molecule has 0 N–H and O–H groups in total. The van der Waals surface area contributed by atoms with E-state index in [0.29, 0.717) is 0 Å². The summed E-state index contributed by atoms with van der Waals surface area (Å²) in [4.78, 5) is 15.6. The Kier molecular flexibility index (Phi) is 8.14. The summed E-state index contributed by atoms with van der Waals surface area (Å²) in [5, 5.41) is 4.93. The van der Waals surface area contributed by atoms with Gasteiger partial charge in [0.2, 0.25) is 0 Å². The molecule has 0 saturated heterocycles. The van der Waals surface area contributed by atoms with Crippen molar-refractivity contribution < 1.29 is 0 Å². The molecule has 0 saturated carbocycles.